The quantitative estimate of drug-likeness (QED) is 0.387. The van der Waals surface area contributed by atoms with Crippen LogP contribution < -0.4 is 15.5 Å². The van der Waals surface area contributed by atoms with Crippen LogP contribution >= 0.6 is 45.2 Å². The Morgan fingerprint density at radius 1 is 0.882 bits per heavy atom. The van der Waals surface area contributed by atoms with Gasteiger partial charge in [0.25, 0.3) is 0 Å². The molecule has 2 aromatic carbocycles. The Hall–Kier alpha value is -1.74. The first-order valence-electron chi connectivity index (χ1n) is 9.80. The molecule has 0 radical (unpaired) electrons. The molecule has 2 N–H and O–H groups in total. The largest absolute Gasteiger partial charge is 0.444 e. The van der Waals surface area contributed by atoms with E-state index in [2.05, 4.69) is 0 Å². The van der Waals surface area contributed by atoms with Crippen LogP contribution in [0, 0.1) is 18.8 Å². The molecule has 2 aliphatic heterocycles. The fourth-order valence-corrected chi connectivity index (χ4v) is 3.78. The number of carbonyl (C=O) groups excluding carboxylic acids is 2. The molecule has 11 heteroatoms. The van der Waals surface area contributed by atoms with Crippen molar-refractivity contribution in [1.29, 1.82) is 0 Å². The van der Waals surface area contributed by atoms with Gasteiger partial charge < -0.3 is 15.2 Å². The number of hydrogen-bond donors (Lipinski definition) is 1. The number of nitrogens with zero attached hydrogens (tertiary/aromatic N) is 2. The topological polar surface area (TPSA) is 85.1 Å². The van der Waals surface area contributed by atoms with Gasteiger partial charge in [0.1, 0.15) is 23.8 Å². The highest BCUT2D eigenvalue weighted by molar-refractivity contribution is 14.1. The summed E-state index contributed by atoms with van der Waals surface area (Å²) in [6.45, 7) is 3.09. The van der Waals surface area contributed by atoms with E-state index in [4.69, 9.17) is 15.2 Å². The number of benzene rings is 2. The fourth-order valence-electron chi connectivity index (χ4n) is 3.11. The molecule has 0 spiro atoms. The van der Waals surface area contributed by atoms with Gasteiger partial charge in [-0.15, -0.1) is 0 Å². The van der Waals surface area contributed by atoms with Crippen molar-refractivity contribution in [1.82, 2.24) is 0 Å². The second-order valence-electron chi connectivity index (χ2n) is 7.07. The van der Waals surface area contributed by atoms with Gasteiger partial charge in [0.05, 0.1) is 24.5 Å². The average molecular weight is 703 g/mol. The molecule has 2 heterocycles. The van der Waals surface area contributed by atoms with Gasteiger partial charge in [-0.25, -0.2) is 18.4 Å². The molecule has 188 valence electrons. The van der Waals surface area contributed by atoms with Crippen molar-refractivity contribution in [2.45, 2.75) is 40.4 Å². The highest BCUT2D eigenvalue weighted by atomic mass is 127. The van der Waals surface area contributed by atoms with E-state index in [-0.39, 0.29) is 45.2 Å². The van der Waals surface area contributed by atoms with Gasteiger partial charge in [-0.2, -0.15) is 0 Å². The third-order valence-electron chi connectivity index (χ3n) is 4.90. The van der Waals surface area contributed by atoms with E-state index in [0.29, 0.717) is 31.6 Å². The Balaban J connectivity index is 0.000000321. The van der Waals surface area contributed by atoms with Gasteiger partial charge in [0.15, 0.2) is 0 Å². The van der Waals surface area contributed by atoms with E-state index in [1.165, 1.54) is 21.9 Å². The lowest BCUT2D eigenvalue weighted by molar-refractivity contribution is 0.139. The Labute approximate surface area is 226 Å². The summed E-state index contributed by atoms with van der Waals surface area (Å²) in [7, 11) is 0. The summed E-state index contributed by atoms with van der Waals surface area (Å²) in [5.41, 5.74) is 6.46. The van der Waals surface area contributed by atoms with Gasteiger partial charge in [0, 0.05) is 13.7 Å². The molecule has 0 bridgehead atoms. The molecule has 2 amide bonds. The minimum Gasteiger partial charge on any atom is -0.444 e. The number of anilines is 2. The normalized spacial score (nSPS) is 18.9. The lowest BCUT2D eigenvalue weighted by Crippen LogP contribution is -2.27. The van der Waals surface area contributed by atoms with E-state index < -0.39 is 12.2 Å². The number of carbonyl (C=O) groups is 2. The Kier molecular flexibility index (Phi) is 11.9. The number of cyclic esters (lactones) is 2. The first-order valence-corrected chi connectivity index (χ1v) is 12.0. The minimum atomic E-state index is -0.476. The maximum Gasteiger partial charge on any atom is 0.414 e. The molecular weight excluding hydrogens is 674 g/mol. The number of amides is 2. The molecule has 2 fully saturated rings. The summed E-state index contributed by atoms with van der Waals surface area (Å²) in [5.74, 6) is -0.659. The number of hydrogen-bond acceptors (Lipinski definition) is 5. The Morgan fingerprint density at radius 2 is 1.29 bits per heavy atom. The maximum absolute atomic E-state index is 13.4. The summed E-state index contributed by atoms with van der Waals surface area (Å²) in [5, 5.41) is 0. The number of nitrogens with two attached hydrogens (primary N) is 1. The molecule has 0 aliphatic carbocycles. The van der Waals surface area contributed by atoms with Crippen molar-refractivity contribution in [3.05, 3.63) is 55.2 Å². The summed E-state index contributed by atoms with van der Waals surface area (Å²) in [6, 6.07) is 9.37. The molecule has 2 aliphatic rings. The smallest absolute Gasteiger partial charge is 0.414 e. The zero-order chi connectivity index (χ0) is 23.4. The molecule has 0 unspecified atom stereocenters. The number of halogens is 4. The summed E-state index contributed by atoms with van der Waals surface area (Å²) < 4.78 is 37.8. The Bertz CT molecular complexity index is 933. The van der Waals surface area contributed by atoms with E-state index in [1.807, 2.05) is 52.1 Å². The van der Waals surface area contributed by atoms with Crippen LogP contribution in [0.2, 0.25) is 0 Å². The first-order chi connectivity index (χ1) is 15.2. The summed E-state index contributed by atoms with van der Waals surface area (Å²) >= 11 is 3.80. The SMILES string of the molecule is C.C.CC[C@H]1CN(c2ccc(I)c(F)c2)C(=O)O1.NC[C@H]1CN(c2ccc(I)c(F)c2)C(=O)O1. The van der Waals surface area contributed by atoms with Crippen LogP contribution in [0.25, 0.3) is 0 Å². The van der Waals surface area contributed by atoms with Crippen molar-refractivity contribution in [2.24, 2.45) is 5.73 Å². The molecule has 2 atom stereocenters. The predicted molar refractivity (Wildman–Crippen MR) is 146 cm³/mol. The molecule has 4 rings (SSSR count). The maximum atomic E-state index is 13.4. The second-order valence-corrected chi connectivity index (χ2v) is 9.40. The van der Waals surface area contributed by atoms with Crippen molar-refractivity contribution in [3.8, 4) is 0 Å². The summed E-state index contributed by atoms with van der Waals surface area (Å²) in [6.07, 6.45) is -0.497. The lowest BCUT2D eigenvalue weighted by Gasteiger charge is -2.13. The van der Waals surface area contributed by atoms with Crippen LogP contribution in [-0.4, -0.2) is 44.0 Å². The molecule has 2 saturated heterocycles. The van der Waals surface area contributed by atoms with Crippen LogP contribution in [-0.2, 0) is 9.47 Å². The monoisotopic (exact) mass is 703 g/mol. The van der Waals surface area contributed by atoms with Crippen molar-refractivity contribution >= 4 is 68.7 Å². The van der Waals surface area contributed by atoms with Gasteiger partial charge >= 0.3 is 12.2 Å². The van der Waals surface area contributed by atoms with Crippen LogP contribution in [0.4, 0.5) is 29.7 Å². The first kappa shape index (κ1) is 30.3. The standard InChI is InChI=1S/C11H11FINO2.C10H10FIN2O2.2CH4/c1-2-8-6-14(11(15)16-8)7-3-4-10(13)9(12)5-7;11-8-3-6(1-2-9(8)12)14-5-7(4-13)16-10(14)15;;/h3-5,8H,2,6H2,1H3;1-3,7H,4-5,13H2;2*1H4/t8-;7-;;/m00../s1. The zero-order valence-corrected chi connectivity index (χ0v) is 21.4. The molecule has 0 saturated carbocycles. The van der Waals surface area contributed by atoms with Crippen LogP contribution in [0.3, 0.4) is 0 Å². The third-order valence-corrected chi connectivity index (χ3v) is 6.65. The van der Waals surface area contributed by atoms with E-state index in [9.17, 15) is 18.4 Å². The van der Waals surface area contributed by atoms with Gasteiger partial charge in [-0.1, -0.05) is 21.8 Å². The highest BCUT2D eigenvalue weighted by Crippen LogP contribution is 2.26. The molecule has 0 aromatic heterocycles. The van der Waals surface area contributed by atoms with Crippen molar-refractivity contribution in [2.75, 3.05) is 29.4 Å². The highest BCUT2D eigenvalue weighted by Gasteiger charge is 2.32. The predicted octanol–water partition coefficient (Wildman–Crippen LogP) is 6.15. The van der Waals surface area contributed by atoms with Crippen molar-refractivity contribution in [3.63, 3.8) is 0 Å². The fraction of sp³-hybridized carbons (Fsp3) is 0.391. The van der Waals surface area contributed by atoms with Crippen LogP contribution in [0.5, 0.6) is 0 Å². The van der Waals surface area contributed by atoms with Crippen LogP contribution in [0.15, 0.2) is 36.4 Å². The van der Waals surface area contributed by atoms with E-state index in [0.717, 1.165) is 6.42 Å². The van der Waals surface area contributed by atoms with Gasteiger partial charge in [0.2, 0.25) is 0 Å². The Morgan fingerprint density at radius 3 is 1.62 bits per heavy atom. The minimum absolute atomic E-state index is 0. The summed E-state index contributed by atoms with van der Waals surface area (Å²) in [4.78, 5) is 25.8. The van der Waals surface area contributed by atoms with Crippen molar-refractivity contribution < 1.29 is 27.8 Å². The van der Waals surface area contributed by atoms with E-state index >= 15 is 0 Å². The lowest BCUT2D eigenvalue weighted by atomic mass is 10.2. The molecule has 7 nitrogen and oxygen atoms in total. The van der Waals surface area contributed by atoms with Gasteiger partial charge in [-0.05, 0) is 88.0 Å². The van der Waals surface area contributed by atoms with E-state index in [1.54, 1.807) is 24.3 Å². The number of rotatable bonds is 4. The third kappa shape index (κ3) is 7.13. The molecule has 34 heavy (non-hydrogen) atoms. The molecular formula is C23H29F2I2N3O4. The van der Waals surface area contributed by atoms with Gasteiger partial charge in [-0.3, -0.25) is 9.80 Å². The average Bonchev–Trinajstić information content (AvgIpc) is 3.34. The van der Waals surface area contributed by atoms with Crippen LogP contribution in [0.1, 0.15) is 28.2 Å². The second kappa shape index (κ2) is 13.4. The zero-order valence-electron chi connectivity index (χ0n) is 17.1. The molecule has 2 aromatic rings. The number of ether oxygens (including phenoxy) is 2.